The molecule has 0 amide bonds. The van der Waals surface area contributed by atoms with Gasteiger partial charge in [-0.2, -0.15) is 4.98 Å². The molecule has 2 aromatic heterocycles. The minimum Gasteiger partial charge on any atom is -0.339 e. The van der Waals surface area contributed by atoms with Crippen molar-refractivity contribution in [3.05, 3.63) is 29.2 Å². The van der Waals surface area contributed by atoms with E-state index in [0.717, 1.165) is 0 Å². The molecule has 0 fully saturated rings. The number of Topliss-reactive ketones (excluding diaryl/α,β-unsaturated/α-hetero) is 1. The standard InChI is InChI=1S/C11H10ClN3O2/c1-7(16)2-5-10-14-11(15-17-10)9-4-3-8(12)6-13-9/h3-4,6H,2,5H2,1H3. The number of carbonyl (C=O) groups excluding carboxylic acids is 1. The Morgan fingerprint density at radius 1 is 1.47 bits per heavy atom. The molecule has 88 valence electrons. The van der Waals surface area contributed by atoms with Gasteiger partial charge in [0.2, 0.25) is 11.7 Å². The van der Waals surface area contributed by atoms with E-state index in [-0.39, 0.29) is 5.78 Å². The molecule has 0 saturated carbocycles. The Morgan fingerprint density at radius 3 is 2.94 bits per heavy atom. The number of hydrogen-bond donors (Lipinski definition) is 0. The van der Waals surface area contributed by atoms with E-state index in [4.69, 9.17) is 16.1 Å². The van der Waals surface area contributed by atoms with Gasteiger partial charge >= 0.3 is 0 Å². The number of aromatic nitrogens is 3. The molecule has 0 aliphatic carbocycles. The van der Waals surface area contributed by atoms with Gasteiger partial charge in [-0.15, -0.1) is 0 Å². The van der Waals surface area contributed by atoms with Crippen molar-refractivity contribution >= 4 is 17.4 Å². The van der Waals surface area contributed by atoms with Gasteiger partial charge in [-0.05, 0) is 19.1 Å². The van der Waals surface area contributed by atoms with Gasteiger partial charge in [0.25, 0.3) is 0 Å². The molecule has 0 N–H and O–H groups in total. The maximum Gasteiger partial charge on any atom is 0.227 e. The monoisotopic (exact) mass is 251 g/mol. The Balaban J connectivity index is 2.12. The second-order valence-corrected chi connectivity index (χ2v) is 4.01. The summed E-state index contributed by atoms with van der Waals surface area (Å²) in [6, 6.07) is 3.41. The highest BCUT2D eigenvalue weighted by Crippen LogP contribution is 2.15. The van der Waals surface area contributed by atoms with Gasteiger partial charge in [0, 0.05) is 19.0 Å². The van der Waals surface area contributed by atoms with Crippen molar-refractivity contribution in [3.63, 3.8) is 0 Å². The summed E-state index contributed by atoms with van der Waals surface area (Å²) in [6.45, 7) is 1.53. The fourth-order valence-electron chi connectivity index (χ4n) is 1.25. The first-order chi connectivity index (χ1) is 8.15. The van der Waals surface area contributed by atoms with Crippen LogP contribution in [0.1, 0.15) is 19.2 Å². The molecule has 5 nitrogen and oxygen atoms in total. The van der Waals surface area contributed by atoms with Crippen LogP contribution in [-0.2, 0) is 11.2 Å². The Kier molecular flexibility index (Phi) is 3.49. The summed E-state index contributed by atoms with van der Waals surface area (Å²) < 4.78 is 5.01. The van der Waals surface area contributed by atoms with E-state index in [9.17, 15) is 4.79 Å². The molecule has 2 heterocycles. The third-order valence-electron chi connectivity index (χ3n) is 2.12. The van der Waals surface area contributed by atoms with E-state index in [0.29, 0.717) is 35.3 Å². The van der Waals surface area contributed by atoms with Gasteiger partial charge < -0.3 is 9.32 Å². The summed E-state index contributed by atoms with van der Waals surface area (Å²) in [5, 5.41) is 4.34. The largest absolute Gasteiger partial charge is 0.339 e. The summed E-state index contributed by atoms with van der Waals surface area (Å²) in [6.07, 6.45) is 2.37. The molecule has 0 saturated heterocycles. The van der Waals surface area contributed by atoms with Crippen molar-refractivity contribution < 1.29 is 9.32 Å². The number of rotatable bonds is 4. The number of aryl methyl sites for hydroxylation is 1. The lowest BCUT2D eigenvalue weighted by Crippen LogP contribution is -1.94. The third-order valence-corrected chi connectivity index (χ3v) is 2.34. The zero-order valence-corrected chi connectivity index (χ0v) is 9.94. The Morgan fingerprint density at radius 2 is 2.29 bits per heavy atom. The fraction of sp³-hybridized carbons (Fsp3) is 0.273. The predicted octanol–water partition coefficient (Wildman–Crippen LogP) is 2.31. The number of halogens is 1. The maximum absolute atomic E-state index is 10.8. The van der Waals surface area contributed by atoms with Crippen LogP contribution in [0.3, 0.4) is 0 Å². The molecule has 0 atom stereocenters. The van der Waals surface area contributed by atoms with Crippen LogP contribution >= 0.6 is 11.6 Å². The molecule has 0 spiro atoms. The second-order valence-electron chi connectivity index (χ2n) is 3.58. The van der Waals surface area contributed by atoms with Crippen molar-refractivity contribution in [2.45, 2.75) is 19.8 Å². The van der Waals surface area contributed by atoms with Gasteiger partial charge in [0.1, 0.15) is 11.5 Å². The molecule has 2 aromatic rings. The molecular formula is C11H10ClN3O2. The van der Waals surface area contributed by atoms with Crippen LogP contribution in [0, 0.1) is 0 Å². The summed E-state index contributed by atoms with van der Waals surface area (Å²) in [5.41, 5.74) is 0.590. The first-order valence-corrected chi connectivity index (χ1v) is 5.47. The van der Waals surface area contributed by atoms with Gasteiger partial charge in [0.05, 0.1) is 5.02 Å². The second kappa shape index (κ2) is 5.05. The van der Waals surface area contributed by atoms with Crippen LogP contribution in [0.4, 0.5) is 0 Å². The minimum atomic E-state index is 0.0920. The lowest BCUT2D eigenvalue weighted by molar-refractivity contribution is -0.117. The average Bonchev–Trinajstić information content (AvgIpc) is 2.76. The number of carbonyl (C=O) groups is 1. The summed E-state index contributed by atoms with van der Waals surface area (Å²) >= 11 is 5.72. The fourth-order valence-corrected chi connectivity index (χ4v) is 1.36. The molecule has 0 aromatic carbocycles. The van der Waals surface area contributed by atoms with E-state index in [1.165, 1.54) is 13.1 Å². The van der Waals surface area contributed by atoms with Crippen LogP contribution in [0.15, 0.2) is 22.9 Å². The number of pyridine rings is 1. The molecule has 6 heteroatoms. The van der Waals surface area contributed by atoms with E-state index in [1.807, 2.05) is 0 Å². The molecule has 0 aliphatic rings. The molecule has 0 unspecified atom stereocenters. The predicted molar refractivity (Wildman–Crippen MR) is 61.5 cm³/mol. The van der Waals surface area contributed by atoms with Gasteiger partial charge in [0.15, 0.2) is 0 Å². The highest BCUT2D eigenvalue weighted by Gasteiger charge is 2.10. The highest BCUT2D eigenvalue weighted by molar-refractivity contribution is 6.30. The molecule has 0 aliphatic heterocycles. The van der Waals surface area contributed by atoms with Crippen molar-refractivity contribution in [2.24, 2.45) is 0 Å². The highest BCUT2D eigenvalue weighted by atomic mass is 35.5. The number of ketones is 1. The number of hydrogen-bond acceptors (Lipinski definition) is 5. The molecule has 17 heavy (non-hydrogen) atoms. The Bertz CT molecular complexity index is 522. The smallest absolute Gasteiger partial charge is 0.227 e. The lowest BCUT2D eigenvalue weighted by atomic mass is 10.2. The molecule has 2 rings (SSSR count). The van der Waals surface area contributed by atoms with Crippen LogP contribution < -0.4 is 0 Å². The third kappa shape index (κ3) is 3.10. The lowest BCUT2D eigenvalue weighted by Gasteiger charge is -1.92. The normalized spacial score (nSPS) is 10.5. The SMILES string of the molecule is CC(=O)CCc1nc(-c2ccc(Cl)cn2)no1. The minimum absolute atomic E-state index is 0.0920. The van der Waals surface area contributed by atoms with Crippen molar-refractivity contribution in [2.75, 3.05) is 0 Å². The van der Waals surface area contributed by atoms with Gasteiger partial charge in [-0.1, -0.05) is 16.8 Å². The molecular weight excluding hydrogens is 242 g/mol. The van der Waals surface area contributed by atoms with Crippen LogP contribution in [0.5, 0.6) is 0 Å². The van der Waals surface area contributed by atoms with Crippen LogP contribution in [0.25, 0.3) is 11.5 Å². The summed E-state index contributed by atoms with van der Waals surface area (Å²) in [5.74, 6) is 0.932. The molecule has 0 bridgehead atoms. The van der Waals surface area contributed by atoms with E-state index >= 15 is 0 Å². The Hall–Kier alpha value is -1.75. The first-order valence-electron chi connectivity index (χ1n) is 5.09. The van der Waals surface area contributed by atoms with Crippen molar-refractivity contribution in [1.29, 1.82) is 0 Å². The molecule has 0 radical (unpaired) electrons. The van der Waals surface area contributed by atoms with Crippen LogP contribution in [-0.4, -0.2) is 20.9 Å². The van der Waals surface area contributed by atoms with Crippen LogP contribution in [0.2, 0.25) is 5.02 Å². The van der Waals surface area contributed by atoms with Crippen molar-refractivity contribution in [1.82, 2.24) is 15.1 Å². The summed E-state index contributed by atoms with van der Waals surface area (Å²) in [4.78, 5) is 19.0. The van der Waals surface area contributed by atoms with Crippen molar-refractivity contribution in [3.8, 4) is 11.5 Å². The quantitative estimate of drug-likeness (QED) is 0.834. The number of nitrogens with zero attached hydrogens (tertiary/aromatic N) is 3. The van der Waals surface area contributed by atoms with E-state index in [2.05, 4.69) is 15.1 Å². The summed E-state index contributed by atoms with van der Waals surface area (Å²) in [7, 11) is 0. The van der Waals surface area contributed by atoms with E-state index in [1.54, 1.807) is 12.1 Å². The van der Waals surface area contributed by atoms with Gasteiger partial charge in [-0.25, -0.2) is 0 Å². The van der Waals surface area contributed by atoms with Gasteiger partial charge in [-0.3, -0.25) is 4.98 Å². The topological polar surface area (TPSA) is 68.9 Å². The average molecular weight is 252 g/mol. The zero-order chi connectivity index (χ0) is 12.3. The maximum atomic E-state index is 10.8. The Labute approximate surface area is 103 Å². The van der Waals surface area contributed by atoms with E-state index < -0.39 is 0 Å². The first kappa shape index (κ1) is 11.7. The zero-order valence-electron chi connectivity index (χ0n) is 9.18.